The number of hydrogen-bond acceptors (Lipinski definition) is 6. The molecule has 0 saturated carbocycles. The van der Waals surface area contributed by atoms with E-state index >= 15 is 0 Å². The summed E-state index contributed by atoms with van der Waals surface area (Å²) < 4.78 is 21.6. The van der Waals surface area contributed by atoms with Gasteiger partial charge in [-0.05, 0) is 36.2 Å². The van der Waals surface area contributed by atoms with E-state index in [4.69, 9.17) is 23.9 Å². The van der Waals surface area contributed by atoms with Crippen molar-refractivity contribution in [1.29, 1.82) is 0 Å². The maximum Gasteiger partial charge on any atom is 0.161 e. The van der Waals surface area contributed by atoms with E-state index in [9.17, 15) is 5.11 Å². The zero-order valence-corrected chi connectivity index (χ0v) is 15.4. The first-order chi connectivity index (χ1) is 12.6. The normalized spacial score (nSPS) is 15.7. The number of aliphatic hydroxyl groups is 1. The Kier molecular flexibility index (Phi) is 5.32. The van der Waals surface area contributed by atoms with Crippen molar-refractivity contribution in [2.45, 2.75) is 12.5 Å². The molecule has 1 N–H and O–H groups in total. The molecule has 0 aromatic heterocycles. The van der Waals surface area contributed by atoms with Gasteiger partial charge < -0.3 is 24.1 Å². The molecule has 138 valence electrons. The van der Waals surface area contributed by atoms with E-state index in [-0.39, 0.29) is 12.6 Å². The Morgan fingerprint density at radius 1 is 0.885 bits per heavy atom. The number of hydrogen-bond donors (Lipinski definition) is 1. The van der Waals surface area contributed by atoms with Crippen LogP contribution in [0.4, 0.5) is 0 Å². The van der Waals surface area contributed by atoms with Gasteiger partial charge in [-0.25, -0.2) is 0 Å². The molecule has 2 aromatic rings. The number of nitrogens with zero attached hydrogens (tertiary/aromatic N) is 1. The van der Waals surface area contributed by atoms with Gasteiger partial charge in [0.05, 0.1) is 46.8 Å². The molecule has 0 aliphatic carbocycles. The average Bonchev–Trinajstić information content (AvgIpc) is 2.71. The van der Waals surface area contributed by atoms with Crippen molar-refractivity contribution in [2.24, 2.45) is 4.99 Å². The van der Waals surface area contributed by atoms with Gasteiger partial charge in [-0.1, -0.05) is 0 Å². The number of aliphatic hydroxyl groups excluding tert-OH is 1. The predicted octanol–water partition coefficient (Wildman–Crippen LogP) is 2.48. The molecule has 0 amide bonds. The summed E-state index contributed by atoms with van der Waals surface area (Å²) in [4.78, 5) is 4.75. The van der Waals surface area contributed by atoms with Gasteiger partial charge in [0.1, 0.15) is 11.5 Å². The highest BCUT2D eigenvalue weighted by atomic mass is 16.5. The minimum Gasteiger partial charge on any atom is -0.497 e. The van der Waals surface area contributed by atoms with Crippen LogP contribution in [0.25, 0.3) is 0 Å². The summed E-state index contributed by atoms with van der Waals surface area (Å²) in [6.45, 7) is -0.0294. The molecule has 0 radical (unpaired) electrons. The van der Waals surface area contributed by atoms with Crippen LogP contribution in [0.15, 0.2) is 35.3 Å². The van der Waals surface area contributed by atoms with Crippen LogP contribution in [0.2, 0.25) is 0 Å². The zero-order chi connectivity index (χ0) is 18.7. The Morgan fingerprint density at radius 3 is 2.04 bits per heavy atom. The molecular formula is C20H23NO5. The lowest BCUT2D eigenvalue weighted by molar-refractivity contribution is 0.265. The van der Waals surface area contributed by atoms with Gasteiger partial charge in [0, 0.05) is 17.2 Å². The van der Waals surface area contributed by atoms with Crippen molar-refractivity contribution >= 4 is 5.71 Å². The number of benzene rings is 2. The molecule has 26 heavy (non-hydrogen) atoms. The Labute approximate surface area is 153 Å². The molecule has 0 saturated heterocycles. The highest BCUT2D eigenvalue weighted by Gasteiger charge is 2.25. The van der Waals surface area contributed by atoms with Crippen LogP contribution in [0, 0.1) is 0 Å². The second kappa shape index (κ2) is 7.66. The summed E-state index contributed by atoms with van der Waals surface area (Å²) in [6, 6.07) is 9.28. The SMILES string of the molecule is COc1cc(OC)cc(C2=NC(CO)Cc3cc(OC)c(OC)cc32)c1. The minimum atomic E-state index is -0.215. The van der Waals surface area contributed by atoms with Gasteiger partial charge in [-0.2, -0.15) is 0 Å². The van der Waals surface area contributed by atoms with Crippen molar-refractivity contribution in [3.63, 3.8) is 0 Å². The molecule has 0 spiro atoms. The molecule has 1 heterocycles. The number of rotatable bonds is 6. The largest absolute Gasteiger partial charge is 0.497 e. The van der Waals surface area contributed by atoms with Gasteiger partial charge >= 0.3 is 0 Å². The number of methoxy groups -OCH3 is 4. The first-order valence-electron chi connectivity index (χ1n) is 8.30. The second-order valence-electron chi connectivity index (χ2n) is 5.98. The molecule has 6 nitrogen and oxygen atoms in total. The van der Waals surface area contributed by atoms with Crippen molar-refractivity contribution in [3.8, 4) is 23.0 Å². The molecule has 1 atom stereocenters. The van der Waals surface area contributed by atoms with Crippen LogP contribution in [0.1, 0.15) is 16.7 Å². The number of aliphatic imine (C=N–C) groups is 1. The summed E-state index contributed by atoms with van der Waals surface area (Å²) in [5.74, 6) is 2.65. The van der Waals surface area contributed by atoms with E-state index in [1.807, 2.05) is 30.3 Å². The van der Waals surface area contributed by atoms with Gasteiger partial charge in [-0.15, -0.1) is 0 Å². The first kappa shape index (κ1) is 18.1. The highest BCUT2D eigenvalue weighted by molar-refractivity contribution is 6.15. The maximum atomic E-state index is 9.70. The monoisotopic (exact) mass is 357 g/mol. The molecule has 6 heteroatoms. The average molecular weight is 357 g/mol. The molecule has 1 unspecified atom stereocenters. The van der Waals surface area contributed by atoms with Crippen molar-refractivity contribution in [1.82, 2.24) is 0 Å². The van der Waals surface area contributed by atoms with Crippen LogP contribution >= 0.6 is 0 Å². The summed E-state index contributed by atoms with van der Waals surface area (Å²) in [5, 5.41) is 9.70. The van der Waals surface area contributed by atoms with E-state index in [2.05, 4.69) is 0 Å². The molecule has 3 rings (SSSR count). The van der Waals surface area contributed by atoms with Crippen LogP contribution in [0.3, 0.4) is 0 Å². The van der Waals surface area contributed by atoms with E-state index in [0.29, 0.717) is 29.4 Å². The molecule has 2 aromatic carbocycles. The molecule has 0 bridgehead atoms. The number of fused-ring (bicyclic) bond motifs is 1. The Morgan fingerprint density at radius 2 is 1.50 bits per heavy atom. The Balaban J connectivity index is 2.19. The van der Waals surface area contributed by atoms with Gasteiger partial charge in [0.2, 0.25) is 0 Å². The zero-order valence-electron chi connectivity index (χ0n) is 15.4. The minimum absolute atomic E-state index is 0.0294. The third-order valence-electron chi connectivity index (χ3n) is 4.47. The van der Waals surface area contributed by atoms with Crippen LogP contribution in [0.5, 0.6) is 23.0 Å². The quantitative estimate of drug-likeness (QED) is 0.860. The summed E-state index contributed by atoms with van der Waals surface area (Å²) >= 11 is 0. The Hall–Kier alpha value is -2.73. The van der Waals surface area contributed by atoms with Gasteiger partial charge in [-0.3, -0.25) is 4.99 Å². The molecule has 1 aliphatic heterocycles. The molecule has 1 aliphatic rings. The molecule has 0 fully saturated rings. The van der Waals surface area contributed by atoms with Gasteiger partial charge in [0.15, 0.2) is 11.5 Å². The lowest BCUT2D eigenvalue weighted by Gasteiger charge is -2.24. The lowest BCUT2D eigenvalue weighted by atomic mass is 9.89. The third kappa shape index (κ3) is 3.32. The van der Waals surface area contributed by atoms with Crippen LogP contribution < -0.4 is 18.9 Å². The first-order valence-corrected chi connectivity index (χ1v) is 8.30. The lowest BCUT2D eigenvalue weighted by Crippen LogP contribution is -2.24. The van der Waals surface area contributed by atoms with Crippen molar-refractivity contribution < 1.29 is 24.1 Å². The van der Waals surface area contributed by atoms with E-state index in [1.165, 1.54) is 0 Å². The van der Waals surface area contributed by atoms with Crippen molar-refractivity contribution in [2.75, 3.05) is 35.0 Å². The van der Waals surface area contributed by atoms with Gasteiger partial charge in [0.25, 0.3) is 0 Å². The van der Waals surface area contributed by atoms with E-state index in [1.54, 1.807) is 28.4 Å². The topological polar surface area (TPSA) is 69.5 Å². The number of ether oxygens (including phenoxy) is 4. The third-order valence-corrected chi connectivity index (χ3v) is 4.47. The van der Waals surface area contributed by atoms with Crippen LogP contribution in [-0.2, 0) is 6.42 Å². The second-order valence-corrected chi connectivity index (χ2v) is 5.98. The smallest absolute Gasteiger partial charge is 0.161 e. The summed E-state index contributed by atoms with van der Waals surface area (Å²) in [7, 11) is 6.44. The summed E-state index contributed by atoms with van der Waals surface area (Å²) in [5.41, 5.74) is 3.62. The fraction of sp³-hybridized carbons (Fsp3) is 0.350. The fourth-order valence-corrected chi connectivity index (χ4v) is 3.14. The van der Waals surface area contributed by atoms with Crippen molar-refractivity contribution in [3.05, 3.63) is 47.0 Å². The molecular weight excluding hydrogens is 334 g/mol. The Bertz CT molecular complexity index is 809. The maximum absolute atomic E-state index is 9.70. The van der Waals surface area contributed by atoms with E-state index in [0.717, 1.165) is 22.4 Å². The summed E-state index contributed by atoms with van der Waals surface area (Å²) in [6.07, 6.45) is 0.636. The standard InChI is InChI=1S/C20H23NO5/c1-23-15-6-13(7-16(9-15)24-2)20-17-10-19(26-4)18(25-3)8-12(17)5-14(11-22)21-20/h6-10,14,22H,5,11H2,1-4H3. The fourth-order valence-electron chi connectivity index (χ4n) is 3.14. The van der Waals surface area contributed by atoms with E-state index < -0.39 is 0 Å². The van der Waals surface area contributed by atoms with Crippen LogP contribution in [-0.4, -0.2) is 51.9 Å². The highest BCUT2D eigenvalue weighted by Crippen LogP contribution is 2.36. The predicted molar refractivity (Wildman–Crippen MR) is 99.3 cm³/mol.